The lowest BCUT2D eigenvalue weighted by Gasteiger charge is -2.28. The fraction of sp³-hybridized carbons (Fsp3) is 0.240. The van der Waals surface area contributed by atoms with Gasteiger partial charge in [0.25, 0.3) is 0 Å². The van der Waals surface area contributed by atoms with Crippen LogP contribution in [0.15, 0.2) is 79.8 Å². The van der Waals surface area contributed by atoms with Gasteiger partial charge in [-0.05, 0) is 60.1 Å². The molecule has 0 aliphatic rings. The van der Waals surface area contributed by atoms with E-state index in [1.165, 1.54) is 42.5 Å². The molecule has 40 heavy (non-hydrogen) atoms. The van der Waals surface area contributed by atoms with E-state index in [0.29, 0.717) is 17.6 Å². The standard InChI is InChI=1S/C13H17BrF3N3O.C12H11NO4S2/c1-4-20(5-2)9-6-8(14)11(18)12(19-7(3)21)10(9)13(15,16)17;13-19(16,17)12-9-5-4-8-11(12)18(14,15)10-6-2-1-3-7-10/h6H,4-5,18H2,1-3H3,(H,19,21);1-9H,(H2,13,16,17). The van der Waals surface area contributed by atoms with E-state index in [2.05, 4.69) is 21.2 Å². The number of hydrogen-bond acceptors (Lipinski definition) is 7. The molecule has 0 fully saturated rings. The number of primary sulfonamides is 1. The van der Waals surface area contributed by atoms with Gasteiger partial charge in [-0.3, -0.25) is 4.79 Å². The molecule has 1 amide bonds. The average molecular weight is 666 g/mol. The first kappa shape index (κ1) is 33.1. The third kappa shape index (κ3) is 7.74. The quantitative estimate of drug-likeness (QED) is 0.300. The second-order valence-corrected chi connectivity index (χ2v) is 12.5. The van der Waals surface area contributed by atoms with Gasteiger partial charge < -0.3 is 16.0 Å². The van der Waals surface area contributed by atoms with Crippen LogP contribution in [0.5, 0.6) is 0 Å². The summed E-state index contributed by atoms with van der Waals surface area (Å²) in [6.45, 7) is 5.44. The lowest BCUT2D eigenvalue weighted by Crippen LogP contribution is -2.27. The summed E-state index contributed by atoms with van der Waals surface area (Å²) < 4.78 is 88.3. The Balaban J connectivity index is 0.000000281. The van der Waals surface area contributed by atoms with Crippen molar-refractivity contribution in [2.75, 3.05) is 29.0 Å². The van der Waals surface area contributed by atoms with E-state index in [0.717, 1.165) is 6.92 Å². The molecule has 0 saturated heterocycles. The summed E-state index contributed by atoms with van der Waals surface area (Å²) in [5, 5.41) is 7.23. The molecule has 0 aliphatic heterocycles. The van der Waals surface area contributed by atoms with Crippen LogP contribution in [0.3, 0.4) is 0 Å². The number of carbonyl (C=O) groups excluding carboxylic acids is 1. The molecule has 0 atom stereocenters. The highest BCUT2D eigenvalue weighted by Crippen LogP contribution is 2.47. The Labute approximate surface area is 239 Å². The van der Waals surface area contributed by atoms with E-state index in [1.807, 2.05) is 0 Å². The average Bonchev–Trinajstić information content (AvgIpc) is 2.87. The first-order chi connectivity index (χ1) is 18.5. The van der Waals surface area contributed by atoms with Gasteiger partial charge in [0.1, 0.15) is 10.5 Å². The highest BCUT2D eigenvalue weighted by atomic mass is 79.9. The van der Waals surface area contributed by atoms with Gasteiger partial charge in [-0.1, -0.05) is 30.3 Å². The van der Waals surface area contributed by atoms with Crippen molar-refractivity contribution in [2.45, 2.75) is 41.6 Å². The van der Waals surface area contributed by atoms with E-state index >= 15 is 0 Å². The van der Waals surface area contributed by atoms with E-state index < -0.39 is 48.1 Å². The fourth-order valence-corrected chi connectivity index (χ4v) is 6.76. The Morgan fingerprint density at radius 2 is 1.45 bits per heavy atom. The van der Waals surface area contributed by atoms with E-state index in [-0.39, 0.29) is 21.2 Å². The zero-order chi connectivity index (χ0) is 30.5. The highest BCUT2D eigenvalue weighted by molar-refractivity contribution is 9.10. The topological polar surface area (TPSA) is 153 Å². The molecule has 218 valence electrons. The van der Waals surface area contributed by atoms with Crippen LogP contribution in [-0.4, -0.2) is 35.8 Å². The van der Waals surface area contributed by atoms with Crippen LogP contribution < -0.4 is 21.1 Å². The van der Waals surface area contributed by atoms with Crippen molar-refractivity contribution >= 4 is 58.8 Å². The predicted octanol–water partition coefficient (Wildman–Crippen LogP) is 5.02. The molecule has 0 radical (unpaired) electrons. The smallest absolute Gasteiger partial charge is 0.396 e. The normalized spacial score (nSPS) is 11.8. The molecule has 0 aromatic heterocycles. The van der Waals surface area contributed by atoms with Crippen LogP contribution in [-0.2, 0) is 30.8 Å². The van der Waals surface area contributed by atoms with Gasteiger partial charge in [0, 0.05) is 24.5 Å². The predicted molar refractivity (Wildman–Crippen MR) is 151 cm³/mol. The Kier molecular flexibility index (Phi) is 10.8. The summed E-state index contributed by atoms with van der Waals surface area (Å²) in [5.74, 6) is -0.615. The number of anilines is 3. The molecule has 0 unspecified atom stereocenters. The Bertz CT molecular complexity index is 1580. The van der Waals surface area contributed by atoms with Crippen molar-refractivity contribution < 1.29 is 34.8 Å². The van der Waals surface area contributed by atoms with Gasteiger partial charge in [-0.15, -0.1) is 0 Å². The number of nitrogens with two attached hydrogens (primary N) is 2. The van der Waals surface area contributed by atoms with Gasteiger partial charge in [0.15, 0.2) is 0 Å². The van der Waals surface area contributed by atoms with Crippen molar-refractivity contribution in [3.05, 3.63) is 70.7 Å². The SMILES string of the molecule is CCN(CC)c1cc(Br)c(N)c(NC(C)=O)c1C(F)(F)F.NS(=O)(=O)c1ccccc1S(=O)(=O)c1ccccc1. The number of amides is 1. The maximum Gasteiger partial charge on any atom is 0.420 e. The molecule has 0 heterocycles. The number of nitrogens with zero attached hydrogens (tertiary/aromatic N) is 1. The summed E-state index contributed by atoms with van der Waals surface area (Å²) in [6.07, 6.45) is -4.63. The van der Waals surface area contributed by atoms with E-state index in [9.17, 15) is 34.8 Å². The lowest BCUT2D eigenvalue weighted by molar-refractivity contribution is -0.136. The summed E-state index contributed by atoms with van der Waals surface area (Å²) in [7, 11) is -8.02. The monoisotopic (exact) mass is 664 g/mol. The molecular formula is C25H28BrF3N4O5S2. The molecule has 0 saturated carbocycles. The van der Waals surface area contributed by atoms with Crippen molar-refractivity contribution in [3.63, 3.8) is 0 Å². The zero-order valence-electron chi connectivity index (χ0n) is 21.7. The van der Waals surface area contributed by atoms with Crippen LogP contribution in [0, 0.1) is 0 Å². The van der Waals surface area contributed by atoms with Gasteiger partial charge in [-0.25, -0.2) is 22.0 Å². The van der Waals surface area contributed by atoms with Crippen LogP contribution in [0.4, 0.5) is 30.2 Å². The minimum Gasteiger partial charge on any atom is -0.396 e. The zero-order valence-corrected chi connectivity index (χ0v) is 24.9. The van der Waals surface area contributed by atoms with Crippen LogP contribution >= 0.6 is 15.9 Å². The second-order valence-electron chi connectivity index (χ2n) is 8.20. The molecule has 0 spiro atoms. The second kappa shape index (κ2) is 13.0. The molecule has 0 aliphatic carbocycles. The summed E-state index contributed by atoms with van der Waals surface area (Å²) in [6, 6.07) is 14.2. The van der Waals surface area contributed by atoms with Crippen molar-refractivity contribution in [1.82, 2.24) is 0 Å². The van der Waals surface area contributed by atoms with E-state index in [4.69, 9.17) is 10.9 Å². The van der Waals surface area contributed by atoms with Gasteiger partial charge in [0.2, 0.25) is 25.8 Å². The number of sulfone groups is 1. The number of sulfonamides is 1. The van der Waals surface area contributed by atoms with Gasteiger partial charge >= 0.3 is 6.18 Å². The van der Waals surface area contributed by atoms with Crippen LogP contribution in [0.25, 0.3) is 0 Å². The molecule has 3 rings (SSSR count). The fourth-order valence-electron chi connectivity index (χ4n) is 3.69. The number of hydrogen-bond donors (Lipinski definition) is 3. The summed E-state index contributed by atoms with van der Waals surface area (Å²) >= 11 is 3.14. The number of alkyl halides is 3. The number of halogens is 4. The molecule has 15 heteroatoms. The molecule has 3 aromatic carbocycles. The Hall–Kier alpha value is -3.14. The number of rotatable bonds is 7. The van der Waals surface area contributed by atoms with E-state index in [1.54, 1.807) is 36.9 Å². The van der Waals surface area contributed by atoms with Crippen molar-refractivity contribution in [3.8, 4) is 0 Å². The number of carbonyl (C=O) groups is 1. The molecule has 3 aromatic rings. The van der Waals surface area contributed by atoms with Crippen molar-refractivity contribution in [2.24, 2.45) is 5.14 Å². The largest absolute Gasteiger partial charge is 0.420 e. The third-order valence-corrected chi connectivity index (χ3v) is 9.07. The first-order valence-electron chi connectivity index (χ1n) is 11.6. The number of nitrogens with one attached hydrogen (secondary N) is 1. The Morgan fingerprint density at radius 3 is 1.90 bits per heavy atom. The minimum absolute atomic E-state index is 0.0164. The van der Waals surface area contributed by atoms with Gasteiger partial charge in [-0.2, -0.15) is 13.2 Å². The number of benzene rings is 3. The summed E-state index contributed by atoms with van der Waals surface area (Å²) in [4.78, 5) is 12.1. The minimum atomic E-state index is -4.63. The van der Waals surface area contributed by atoms with Crippen LogP contribution in [0.2, 0.25) is 0 Å². The number of nitrogen functional groups attached to an aromatic ring is 1. The van der Waals surface area contributed by atoms with Gasteiger partial charge in [0.05, 0.1) is 26.9 Å². The van der Waals surface area contributed by atoms with Crippen molar-refractivity contribution in [1.29, 1.82) is 0 Å². The Morgan fingerprint density at radius 1 is 0.950 bits per heavy atom. The maximum atomic E-state index is 13.5. The lowest BCUT2D eigenvalue weighted by atomic mass is 10.1. The van der Waals surface area contributed by atoms with Crippen LogP contribution in [0.1, 0.15) is 26.3 Å². The summed E-state index contributed by atoms with van der Waals surface area (Å²) in [5.41, 5.74) is 4.20. The maximum absolute atomic E-state index is 13.5. The molecule has 5 N–H and O–H groups in total. The molecule has 0 bridgehead atoms. The first-order valence-corrected chi connectivity index (χ1v) is 15.4. The third-order valence-electron chi connectivity index (χ3n) is 5.48. The highest BCUT2D eigenvalue weighted by Gasteiger charge is 2.39. The molecular weight excluding hydrogens is 637 g/mol. The molecule has 9 nitrogen and oxygen atoms in total.